The summed E-state index contributed by atoms with van der Waals surface area (Å²) < 4.78 is 4.91. The summed E-state index contributed by atoms with van der Waals surface area (Å²) >= 11 is 0. The highest BCUT2D eigenvalue weighted by atomic mass is 16.5. The van der Waals surface area contributed by atoms with Crippen LogP contribution in [0.3, 0.4) is 0 Å². The number of hydrogen-bond donors (Lipinski definition) is 1. The SMILES string of the molecule is CC(C)C(=O)Oc1ccc(C#N)cc1O. The molecule has 0 unspecified atom stereocenters. The van der Waals surface area contributed by atoms with Crippen molar-refractivity contribution in [1.82, 2.24) is 0 Å². The molecule has 0 saturated heterocycles. The number of nitriles is 1. The predicted molar refractivity (Wildman–Crippen MR) is 53.3 cm³/mol. The molecule has 4 heteroatoms. The molecule has 1 aromatic rings. The highest BCUT2D eigenvalue weighted by molar-refractivity contribution is 5.75. The van der Waals surface area contributed by atoms with Crippen LogP contribution in [-0.2, 0) is 4.79 Å². The van der Waals surface area contributed by atoms with E-state index in [4.69, 9.17) is 10.00 Å². The number of esters is 1. The molecule has 4 nitrogen and oxygen atoms in total. The van der Waals surface area contributed by atoms with Gasteiger partial charge in [-0.2, -0.15) is 5.26 Å². The van der Waals surface area contributed by atoms with Crippen molar-refractivity contribution in [3.05, 3.63) is 23.8 Å². The number of ether oxygens (including phenoxy) is 1. The first-order valence-electron chi connectivity index (χ1n) is 4.49. The van der Waals surface area contributed by atoms with Crippen LogP contribution in [0.5, 0.6) is 11.5 Å². The van der Waals surface area contributed by atoms with Crippen LogP contribution >= 0.6 is 0 Å². The lowest BCUT2D eigenvalue weighted by Crippen LogP contribution is -2.14. The van der Waals surface area contributed by atoms with Gasteiger partial charge >= 0.3 is 5.97 Å². The second-order valence-electron chi connectivity index (χ2n) is 3.37. The lowest BCUT2D eigenvalue weighted by Gasteiger charge is -2.07. The second-order valence-corrected chi connectivity index (χ2v) is 3.37. The Morgan fingerprint density at radius 3 is 2.67 bits per heavy atom. The van der Waals surface area contributed by atoms with Crippen LogP contribution in [0.15, 0.2) is 18.2 Å². The number of phenolic OH excluding ortho intramolecular Hbond substituents is 1. The Morgan fingerprint density at radius 1 is 1.53 bits per heavy atom. The lowest BCUT2D eigenvalue weighted by molar-refractivity contribution is -0.137. The molecule has 1 aromatic carbocycles. The average Bonchev–Trinajstić information content (AvgIpc) is 2.20. The Kier molecular flexibility index (Phi) is 3.29. The minimum absolute atomic E-state index is 0.0766. The zero-order valence-electron chi connectivity index (χ0n) is 8.52. The topological polar surface area (TPSA) is 70.3 Å². The molecule has 0 bridgehead atoms. The van der Waals surface area contributed by atoms with Gasteiger partial charge in [-0.05, 0) is 12.1 Å². The highest BCUT2D eigenvalue weighted by Gasteiger charge is 2.12. The number of carbonyl (C=O) groups is 1. The molecule has 78 valence electrons. The van der Waals surface area contributed by atoms with Crippen LogP contribution in [-0.4, -0.2) is 11.1 Å². The number of benzene rings is 1. The first kappa shape index (κ1) is 11.1. The van der Waals surface area contributed by atoms with Crippen molar-refractivity contribution in [2.45, 2.75) is 13.8 Å². The fraction of sp³-hybridized carbons (Fsp3) is 0.273. The summed E-state index contributed by atoms with van der Waals surface area (Å²) in [6.07, 6.45) is 0. The first-order valence-corrected chi connectivity index (χ1v) is 4.49. The Hall–Kier alpha value is -2.02. The molecule has 0 saturated carbocycles. The molecular weight excluding hydrogens is 194 g/mol. The zero-order valence-corrected chi connectivity index (χ0v) is 8.52. The molecular formula is C11H11NO3. The number of hydrogen-bond acceptors (Lipinski definition) is 4. The Labute approximate surface area is 87.7 Å². The van der Waals surface area contributed by atoms with Crippen molar-refractivity contribution in [3.63, 3.8) is 0 Å². The zero-order chi connectivity index (χ0) is 11.4. The van der Waals surface area contributed by atoms with Gasteiger partial charge in [0.25, 0.3) is 0 Å². The van der Waals surface area contributed by atoms with E-state index in [2.05, 4.69) is 0 Å². The number of phenols is 1. The minimum atomic E-state index is -0.421. The summed E-state index contributed by atoms with van der Waals surface area (Å²) in [6, 6.07) is 6.00. The molecule has 1 rings (SSSR count). The van der Waals surface area contributed by atoms with Gasteiger partial charge in [0.15, 0.2) is 11.5 Å². The summed E-state index contributed by atoms with van der Waals surface area (Å²) in [4.78, 5) is 11.2. The Morgan fingerprint density at radius 2 is 2.20 bits per heavy atom. The summed E-state index contributed by atoms with van der Waals surface area (Å²) in [5.74, 6) is -0.814. The van der Waals surface area contributed by atoms with Gasteiger partial charge in [0.05, 0.1) is 17.6 Å². The molecule has 0 aliphatic heterocycles. The quantitative estimate of drug-likeness (QED) is 0.590. The third-order valence-electron chi connectivity index (χ3n) is 1.77. The van der Waals surface area contributed by atoms with E-state index in [1.165, 1.54) is 18.2 Å². The van der Waals surface area contributed by atoms with Crippen LogP contribution in [0.2, 0.25) is 0 Å². The number of rotatable bonds is 2. The lowest BCUT2D eigenvalue weighted by atomic mass is 10.2. The van der Waals surface area contributed by atoms with Crippen molar-refractivity contribution in [1.29, 1.82) is 5.26 Å². The second kappa shape index (κ2) is 4.47. The van der Waals surface area contributed by atoms with Gasteiger partial charge in [-0.15, -0.1) is 0 Å². The van der Waals surface area contributed by atoms with E-state index in [9.17, 15) is 9.90 Å². The summed E-state index contributed by atoms with van der Waals surface area (Å²) in [5.41, 5.74) is 0.317. The van der Waals surface area contributed by atoms with Crippen LogP contribution in [0.1, 0.15) is 19.4 Å². The summed E-state index contributed by atoms with van der Waals surface area (Å²) in [7, 11) is 0. The molecule has 0 fully saturated rings. The van der Waals surface area contributed by atoms with E-state index >= 15 is 0 Å². The molecule has 15 heavy (non-hydrogen) atoms. The molecule has 0 spiro atoms. The number of aromatic hydroxyl groups is 1. The van der Waals surface area contributed by atoms with Crippen LogP contribution in [0.4, 0.5) is 0 Å². The number of carbonyl (C=O) groups excluding carboxylic acids is 1. The van der Waals surface area contributed by atoms with Crippen molar-refractivity contribution in [2.75, 3.05) is 0 Å². The molecule has 0 aliphatic carbocycles. The monoisotopic (exact) mass is 205 g/mol. The average molecular weight is 205 g/mol. The van der Waals surface area contributed by atoms with Crippen molar-refractivity contribution >= 4 is 5.97 Å². The standard InChI is InChI=1S/C11H11NO3/c1-7(2)11(14)15-10-4-3-8(6-12)5-9(10)13/h3-5,7,13H,1-2H3. The van der Waals surface area contributed by atoms with Gasteiger partial charge in [0.2, 0.25) is 0 Å². The van der Waals surface area contributed by atoms with Crippen molar-refractivity contribution in [3.8, 4) is 17.6 Å². The van der Waals surface area contributed by atoms with Gasteiger partial charge in [-0.25, -0.2) is 0 Å². The van der Waals surface area contributed by atoms with Gasteiger partial charge in [-0.1, -0.05) is 13.8 Å². The van der Waals surface area contributed by atoms with E-state index in [0.29, 0.717) is 5.56 Å². The largest absolute Gasteiger partial charge is 0.504 e. The van der Waals surface area contributed by atoms with Crippen molar-refractivity contribution in [2.24, 2.45) is 5.92 Å². The molecule has 0 aromatic heterocycles. The van der Waals surface area contributed by atoms with E-state index in [0.717, 1.165) is 0 Å². The summed E-state index contributed by atoms with van der Waals surface area (Å²) in [5, 5.41) is 18.0. The fourth-order valence-electron chi connectivity index (χ4n) is 0.899. The molecule has 0 heterocycles. The fourth-order valence-corrected chi connectivity index (χ4v) is 0.899. The van der Waals surface area contributed by atoms with E-state index < -0.39 is 5.97 Å². The third-order valence-corrected chi connectivity index (χ3v) is 1.77. The first-order chi connectivity index (χ1) is 7.04. The van der Waals surface area contributed by atoms with Gasteiger partial charge in [0, 0.05) is 6.07 Å². The molecule has 0 atom stereocenters. The van der Waals surface area contributed by atoms with Crippen LogP contribution in [0.25, 0.3) is 0 Å². The predicted octanol–water partition coefficient (Wildman–Crippen LogP) is 1.83. The third kappa shape index (κ3) is 2.71. The maximum Gasteiger partial charge on any atom is 0.313 e. The van der Waals surface area contributed by atoms with Crippen molar-refractivity contribution < 1.29 is 14.6 Å². The van der Waals surface area contributed by atoms with Gasteiger partial charge < -0.3 is 9.84 Å². The molecule has 0 radical (unpaired) electrons. The van der Waals surface area contributed by atoms with Gasteiger partial charge in [-0.3, -0.25) is 4.79 Å². The maximum absolute atomic E-state index is 11.2. The van der Waals surface area contributed by atoms with E-state index in [1.54, 1.807) is 13.8 Å². The van der Waals surface area contributed by atoms with E-state index in [1.807, 2.05) is 6.07 Å². The molecule has 0 amide bonds. The van der Waals surface area contributed by atoms with Crippen LogP contribution in [0, 0.1) is 17.2 Å². The maximum atomic E-state index is 11.2. The Bertz CT molecular complexity index is 418. The minimum Gasteiger partial charge on any atom is -0.504 e. The Balaban J connectivity index is 2.89. The smallest absolute Gasteiger partial charge is 0.313 e. The molecule has 0 aliphatic rings. The highest BCUT2D eigenvalue weighted by Crippen LogP contribution is 2.27. The summed E-state index contributed by atoms with van der Waals surface area (Å²) in [6.45, 7) is 3.39. The van der Waals surface area contributed by atoms with Gasteiger partial charge in [0.1, 0.15) is 0 Å². The normalized spacial score (nSPS) is 9.73. The number of nitrogens with zero attached hydrogens (tertiary/aromatic N) is 1. The molecule has 1 N–H and O–H groups in total. The van der Waals surface area contributed by atoms with E-state index in [-0.39, 0.29) is 17.4 Å². The van der Waals surface area contributed by atoms with Crippen LogP contribution < -0.4 is 4.74 Å².